The van der Waals surface area contributed by atoms with Gasteiger partial charge in [-0.2, -0.15) is 0 Å². The van der Waals surface area contributed by atoms with E-state index in [0.29, 0.717) is 11.8 Å². The van der Waals surface area contributed by atoms with Crippen molar-refractivity contribution in [1.29, 1.82) is 0 Å². The van der Waals surface area contributed by atoms with Crippen molar-refractivity contribution in [3.8, 4) is 0 Å². The van der Waals surface area contributed by atoms with E-state index < -0.39 is 0 Å². The van der Waals surface area contributed by atoms with Crippen molar-refractivity contribution in [3.05, 3.63) is 0 Å². The summed E-state index contributed by atoms with van der Waals surface area (Å²) in [6.45, 7) is 6.05. The Kier molecular flexibility index (Phi) is 4.82. The van der Waals surface area contributed by atoms with Crippen LogP contribution in [0, 0.1) is 5.41 Å². The number of piperidine rings is 1. The van der Waals surface area contributed by atoms with E-state index in [1.165, 1.54) is 12.8 Å². The third-order valence-electron chi connectivity index (χ3n) is 3.16. The Morgan fingerprint density at radius 3 is 2.50 bits per heavy atom. The van der Waals surface area contributed by atoms with Gasteiger partial charge in [-0.15, -0.1) is 0 Å². The van der Waals surface area contributed by atoms with Crippen molar-refractivity contribution in [2.75, 3.05) is 40.0 Å². The molecule has 14 heavy (non-hydrogen) atoms. The van der Waals surface area contributed by atoms with Crippen molar-refractivity contribution in [1.82, 2.24) is 4.90 Å². The molecule has 0 radical (unpaired) electrons. The number of hydrogen-bond donors (Lipinski definition) is 0. The minimum atomic E-state index is -0.189. The van der Waals surface area contributed by atoms with Crippen molar-refractivity contribution < 1.29 is 9.13 Å². The van der Waals surface area contributed by atoms with E-state index in [4.69, 9.17) is 4.74 Å². The van der Waals surface area contributed by atoms with E-state index in [2.05, 4.69) is 11.8 Å². The summed E-state index contributed by atoms with van der Waals surface area (Å²) in [5.74, 6) is 0. The molecule has 0 aliphatic carbocycles. The first-order valence-corrected chi connectivity index (χ1v) is 5.47. The molecule has 0 saturated carbocycles. The number of nitrogens with zero attached hydrogens (tertiary/aromatic N) is 1. The highest BCUT2D eigenvalue weighted by atomic mass is 19.1. The van der Waals surface area contributed by atoms with Crippen LogP contribution in [0.15, 0.2) is 0 Å². The number of rotatable bonds is 5. The Labute approximate surface area is 86.4 Å². The maximum atomic E-state index is 12.0. The number of ether oxygens (including phenoxy) is 1. The maximum absolute atomic E-state index is 12.0. The molecule has 1 heterocycles. The Morgan fingerprint density at radius 2 is 2.00 bits per heavy atom. The average Bonchev–Trinajstić information content (AvgIpc) is 2.17. The van der Waals surface area contributed by atoms with Crippen molar-refractivity contribution in [2.24, 2.45) is 5.41 Å². The minimum absolute atomic E-state index is 0.189. The summed E-state index contributed by atoms with van der Waals surface area (Å²) >= 11 is 0. The molecule has 0 spiro atoms. The lowest BCUT2D eigenvalue weighted by Crippen LogP contribution is -2.41. The van der Waals surface area contributed by atoms with Crippen LogP contribution in [-0.2, 0) is 4.74 Å². The molecule has 0 amide bonds. The molecule has 1 fully saturated rings. The molecule has 1 aliphatic heterocycles. The van der Waals surface area contributed by atoms with Crippen LogP contribution < -0.4 is 0 Å². The number of alkyl halides is 1. The van der Waals surface area contributed by atoms with E-state index in [1.54, 1.807) is 7.11 Å². The second-order valence-electron chi connectivity index (χ2n) is 4.63. The van der Waals surface area contributed by atoms with Gasteiger partial charge < -0.3 is 9.64 Å². The highest BCUT2D eigenvalue weighted by Crippen LogP contribution is 2.30. The largest absolute Gasteiger partial charge is 0.384 e. The molecule has 84 valence electrons. The number of hydrogen-bond acceptors (Lipinski definition) is 2. The zero-order valence-corrected chi connectivity index (χ0v) is 9.39. The lowest BCUT2D eigenvalue weighted by molar-refractivity contribution is 0.0337. The average molecular weight is 203 g/mol. The summed E-state index contributed by atoms with van der Waals surface area (Å²) in [6.07, 6.45) is 3.03. The van der Waals surface area contributed by atoms with E-state index in [0.717, 1.165) is 26.2 Å². The molecule has 2 nitrogen and oxygen atoms in total. The van der Waals surface area contributed by atoms with Crippen molar-refractivity contribution in [2.45, 2.75) is 26.2 Å². The fraction of sp³-hybridized carbons (Fsp3) is 1.00. The number of likely N-dealkylation sites (tertiary alicyclic amines) is 1. The predicted molar refractivity (Wildman–Crippen MR) is 56.2 cm³/mol. The predicted octanol–water partition coefficient (Wildman–Crippen LogP) is 2.09. The highest BCUT2D eigenvalue weighted by Gasteiger charge is 2.29. The van der Waals surface area contributed by atoms with Gasteiger partial charge in [0.1, 0.15) is 0 Å². The molecule has 0 aromatic heterocycles. The van der Waals surface area contributed by atoms with Crippen LogP contribution in [0.3, 0.4) is 0 Å². The first-order chi connectivity index (χ1) is 6.70. The molecule has 0 unspecified atom stereocenters. The van der Waals surface area contributed by atoms with Gasteiger partial charge in [0.15, 0.2) is 0 Å². The van der Waals surface area contributed by atoms with Gasteiger partial charge in [0.05, 0.1) is 13.3 Å². The second-order valence-corrected chi connectivity index (χ2v) is 4.63. The summed E-state index contributed by atoms with van der Waals surface area (Å²) in [5, 5.41) is 0. The van der Waals surface area contributed by atoms with Gasteiger partial charge in [-0.25, -0.2) is 0 Å². The maximum Gasteiger partial charge on any atom is 0.0906 e. The molecular weight excluding hydrogens is 181 g/mol. The quantitative estimate of drug-likeness (QED) is 0.678. The third kappa shape index (κ3) is 3.54. The molecule has 3 heteroatoms. The Morgan fingerprint density at radius 1 is 1.36 bits per heavy atom. The smallest absolute Gasteiger partial charge is 0.0906 e. The lowest BCUT2D eigenvalue weighted by Gasteiger charge is -2.38. The van der Waals surface area contributed by atoms with Crippen LogP contribution in [0.4, 0.5) is 4.39 Å². The lowest BCUT2D eigenvalue weighted by atomic mass is 9.81. The van der Waals surface area contributed by atoms with Crippen LogP contribution in [0.5, 0.6) is 0 Å². The van der Waals surface area contributed by atoms with E-state index >= 15 is 0 Å². The Hall–Kier alpha value is -0.150. The van der Waals surface area contributed by atoms with Crippen LogP contribution in [0.1, 0.15) is 26.2 Å². The zero-order chi connectivity index (χ0) is 10.4. The number of methoxy groups -OCH3 is 1. The molecule has 0 aromatic rings. The van der Waals surface area contributed by atoms with Gasteiger partial charge in [-0.1, -0.05) is 6.92 Å². The molecule has 1 rings (SSSR count). The SMILES string of the molecule is COCC1(C)CCN(CCCF)CC1. The minimum Gasteiger partial charge on any atom is -0.384 e. The summed E-state index contributed by atoms with van der Waals surface area (Å²) in [5.41, 5.74) is 0.348. The Bertz CT molecular complexity index is 155. The topological polar surface area (TPSA) is 12.5 Å². The normalized spacial score (nSPS) is 22.5. The molecule has 0 N–H and O–H groups in total. The first-order valence-electron chi connectivity index (χ1n) is 5.47. The van der Waals surface area contributed by atoms with E-state index in [1.807, 2.05) is 0 Å². The van der Waals surface area contributed by atoms with Gasteiger partial charge in [0.25, 0.3) is 0 Å². The third-order valence-corrected chi connectivity index (χ3v) is 3.16. The van der Waals surface area contributed by atoms with E-state index in [-0.39, 0.29) is 6.67 Å². The standard InChI is InChI=1S/C11H22FNO/c1-11(10-14-2)4-8-13(9-5-11)7-3-6-12/h3-10H2,1-2H3. The summed E-state index contributed by atoms with van der Waals surface area (Å²) < 4.78 is 17.2. The van der Waals surface area contributed by atoms with Crippen molar-refractivity contribution >= 4 is 0 Å². The van der Waals surface area contributed by atoms with Gasteiger partial charge in [-0.3, -0.25) is 4.39 Å². The Balaban J connectivity index is 2.23. The number of halogens is 1. The van der Waals surface area contributed by atoms with Gasteiger partial charge in [0.2, 0.25) is 0 Å². The monoisotopic (exact) mass is 203 g/mol. The fourth-order valence-electron chi connectivity index (χ4n) is 2.09. The first kappa shape index (κ1) is 11.9. The van der Waals surface area contributed by atoms with Gasteiger partial charge in [0, 0.05) is 13.7 Å². The van der Waals surface area contributed by atoms with Gasteiger partial charge in [-0.05, 0) is 37.8 Å². The van der Waals surface area contributed by atoms with Crippen molar-refractivity contribution in [3.63, 3.8) is 0 Å². The van der Waals surface area contributed by atoms with Crippen LogP contribution >= 0.6 is 0 Å². The zero-order valence-electron chi connectivity index (χ0n) is 9.39. The van der Waals surface area contributed by atoms with Crippen LogP contribution in [0.25, 0.3) is 0 Å². The second kappa shape index (κ2) is 5.66. The molecule has 0 aromatic carbocycles. The van der Waals surface area contributed by atoms with E-state index in [9.17, 15) is 4.39 Å². The molecule has 0 atom stereocenters. The summed E-state index contributed by atoms with van der Waals surface area (Å²) in [7, 11) is 1.76. The van der Waals surface area contributed by atoms with Gasteiger partial charge >= 0.3 is 0 Å². The summed E-state index contributed by atoms with van der Waals surface area (Å²) in [6, 6.07) is 0. The molecule has 1 aliphatic rings. The van der Waals surface area contributed by atoms with Crippen LogP contribution in [0.2, 0.25) is 0 Å². The summed E-state index contributed by atoms with van der Waals surface area (Å²) in [4.78, 5) is 2.36. The molecule has 1 saturated heterocycles. The molecular formula is C11H22FNO. The van der Waals surface area contributed by atoms with Crippen LogP contribution in [-0.4, -0.2) is 44.9 Å². The molecule has 0 bridgehead atoms. The highest BCUT2D eigenvalue weighted by molar-refractivity contribution is 4.82. The fourth-order valence-corrected chi connectivity index (χ4v) is 2.09.